The standard InChI is InChI=1S/C22H22N4O3S/c1-26-18(28)15-3-2-14(7-16(15)19(26)29)17(27)23-21-25-24-20(30-21)22-8-11-4-12(9-22)6-13(5-11)10-22/h2-3,7,11-13H,4-6,8-10H2,1H3,(H,23,25,27). The van der Waals surface area contributed by atoms with E-state index in [1.54, 1.807) is 6.07 Å². The van der Waals surface area contributed by atoms with Gasteiger partial charge in [-0.2, -0.15) is 0 Å². The molecular formula is C22H22N4O3S. The summed E-state index contributed by atoms with van der Waals surface area (Å²) in [6.45, 7) is 0. The molecule has 5 aliphatic rings. The van der Waals surface area contributed by atoms with Crippen LogP contribution in [0.25, 0.3) is 0 Å². The zero-order chi connectivity index (χ0) is 20.6. The lowest BCUT2D eigenvalue weighted by Crippen LogP contribution is -2.48. The maximum absolute atomic E-state index is 12.8. The number of amides is 3. The summed E-state index contributed by atoms with van der Waals surface area (Å²) in [6.07, 6.45) is 7.73. The largest absolute Gasteiger partial charge is 0.296 e. The molecule has 4 saturated carbocycles. The molecule has 1 N–H and O–H groups in total. The Labute approximate surface area is 177 Å². The SMILES string of the molecule is CN1C(=O)c2ccc(C(=O)Nc3nnc(C45CC6CC(CC(C6)C4)C5)s3)cc2C1=O. The number of carbonyl (C=O) groups excluding carboxylic acids is 3. The lowest BCUT2D eigenvalue weighted by Gasteiger charge is -2.55. The molecular weight excluding hydrogens is 400 g/mol. The van der Waals surface area contributed by atoms with Gasteiger partial charge >= 0.3 is 0 Å². The minimum absolute atomic E-state index is 0.153. The van der Waals surface area contributed by atoms with E-state index in [0.717, 1.165) is 27.7 Å². The van der Waals surface area contributed by atoms with Gasteiger partial charge in [-0.15, -0.1) is 10.2 Å². The van der Waals surface area contributed by atoms with Crippen LogP contribution in [0.2, 0.25) is 0 Å². The molecule has 4 aliphatic carbocycles. The molecule has 2 heterocycles. The first kappa shape index (κ1) is 18.2. The van der Waals surface area contributed by atoms with Crippen molar-refractivity contribution >= 4 is 34.2 Å². The molecule has 8 heteroatoms. The van der Waals surface area contributed by atoms with Crippen molar-refractivity contribution < 1.29 is 14.4 Å². The van der Waals surface area contributed by atoms with E-state index in [0.29, 0.717) is 16.3 Å². The van der Waals surface area contributed by atoms with Gasteiger partial charge in [-0.05, 0) is 74.5 Å². The van der Waals surface area contributed by atoms with Crippen molar-refractivity contribution in [2.45, 2.75) is 43.9 Å². The van der Waals surface area contributed by atoms with Crippen LogP contribution in [0.3, 0.4) is 0 Å². The molecule has 1 aromatic heterocycles. The Morgan fingerprint density at radius 3 is 2.33 bits per heavy atom. The number of fused-ring (bicyclic) bond motifs is 1. The van der Waals surface area contributed by atoms with Crippen molar-refractivity contribution in [1.29, 1.82) is 0 Å². The first-order valence-electron chi connectivity index (χ1n) is 10.5. The highest BCUT2D eigenvalue weighted by Gasteiger charge is 2.53. The van der Waals surface area contributed by atoms with Crippen molar-refractivity contribution in [2.24, 2.45) is 17.8 Å². The molecule has 0 spiro atoms. The van der Waals surface area contributed by atoms with Gasteiger partial charge in [-0.1, -0.05) is 11.3 Å². The second-order valence-electron chi connectivity index (χ2n) is 9.49. The third kappa shape index (κ3) is 2.59. The number of nitrogens with one attached hydrogen (secondary N) is 1. The van der Waals surface area contributed by atoms with Crippen LogP contribution in [0, 0.1) is 17.8 Å². The molecule has 1 aromatic carbocycles. The summed E-state index contributed by atoms with van der Waals surface area (Å²) in [7, 11) is 1.44. The molecule has 154 valence electrons. The van der Waals surface area contributed by atoms with E-state index < -0.39 is 0 Å². The van der Waals surface area contributed by atoms with Crippen LogP contribution in [-0.2, 0) is 5.41 Å². The van der Waals surface area contributed by atoms with Crippen LogP contribution in [0.1, 0.15) is 74.6 Å². The number of rotatable bonds is 3. The van der Waals surface area contributed by atoms with Crippen LogP contribution in [-0.4, -0.2) is 39.9 Å². The zero-order valence-electron chi connectivity index (χ0n) is 16.7. The highest BCUT2D eigenvalue weighted by atomic mass is 32.1. The summed E-state index contributed by atoms with van der Waals surface area (Å²) >= 11 is 1.49. The van der Waals surface area contributed by atoms with E-state index in [4.69, 9.17) is 0 Å². The van der Waals surface area contributed by atoms with Gasteiger partial charge in [0.2, 0.25) is 5.13 Å². The Morgan fingerprint density at radius 1 is 1.03 bits per heavy atom. The Morgan fingerprint density at radius 2 is 1.67 bits per heavy atom. The van der Waals surface area contributed by atoms with Gasteiger partial charge in [0.05, 0.1) is 11.1 Å². The molecule has 30 heavy (non-hydrogen) atoms. The van der Waals surface area contributed by atoms with Gasteiger partial charge in [-0.25, -0.2) is 0 Å². The Kier molecular flexibility index (Phi) is 3.76. The molecule has 1 aliphatic heterocycles. The average Bonchev–Trinajstić information content (AvgIpc) is 3.27. The maximum atomic E-state index is 12.8. The van der Waals surface area contributed by atoms with Crippen molar-refractivity contribution in [2.75, 3.05) is 12.4 Å². The molecule has 4 fully saturated rings. The van der Waals surface area contributed by atoms with E-state index >= 15 is 0 Å². The summed E-state index contributed by atoms with van der Waals surface area (Å²) < 4.78 is 0. The highest BCUT2D eigenvalue weighted by molar-refractivity contribution is 7.15. The number of hydrogen-bond donors (Lipinski definition) is 1. The van der Waals surface area contributed by atoms with E-state index in [1.165, 1.54) is 69.0 Å². The molecule has 2 aromatic rings. The van der Waals surface area contributed by atoms with E-state index in [2.05, 4.69) is 15.5 Å². The summed E-state index contributed by atoms with van der Waals surface area (Å²) in [5.74, 6) is 1.39. The smallest absolute Gasteiger partial charge is 0.261 e. The second-order valence-corrected chi connectivity index (χ2v) is 10.5. The molecule has 0 unspecified atom stereocenters. The first-order valence-corrected chi connectivity index (χ1v) is 11.4. The summed E-state index contributed by atoms with van der Waals surface area (Å²) in [6, 6.07) is 4.59. The number of imide groups is 1. The van der Waals surface area contributed by atoms with Crippen molar-refractivity contribution in [1.82, 2.24) is 15.1 Å². The predicted octanol–water partition coefficient (Wildman–Crippen LogP) is 3.48. The molecule has 0 atom stereocenters. The van der Waals surface area contributed by atoms with E-state index in [-0.39, 0.29) is 28.7 Å². The van der Waals surface area contributed by atoms with Crippen LogP contribution in [0.4, 0.5) is 5.13 Å². The summed E-state index contributed by atoms with van der Waals surface area (Å²) in [4.78, 5) is 38.1. The molecule has 7 rings (SSSR count). The predicted molar refractivity (Wildman–Crippen MR) is 111 cm³/mol. The van der Waals surface area contributed by atoms with Gasteiger partial charge in [0.25, 0.3) is 17.7 Å². The number of carbonyl (C=O) groups is 3. The molecule has 4 bridgehead atoms. The van der Waals surface area contributed by atoms with Gasteiger partial charge in [0.15, 0.2) is 0 Å². The van der Waals surface area contributed by atoms with Crippen molar-refractivity contribution in [3.05, 3.63) is 39.9 Å². The van der Waals surface area contributed by atoms with Crippen molar-refractivity contribution in [3.63, 3.8) is 0 Å². The summed E-state index contributed by atoms with van der Waals surface area (Å²) in [5, 5.41) is 13.1. The average molecular weight is 423 g/mol. The lowest BCUT2D eigenvalue weighted by molar-refractivity contribution is -0.00556. The quantitative estimate of drug-likeness (QED) is 0.765. The van der Waals surface area contributed by atoms with Crippen LogP contribution >= 0.6 is 11.3 Å². The first-order chi connectivity index (χ1) is 14.4. The minimum atomic E-state index is -0.385. The summed E-state index contributed by atoms with van der Waals surface area (Å²) in [5.41, 5.74) is 1.08. The topological polar surface area (TPSA) is 92.3 Å². The normalized spacial score (nSPS) is 31.4. The number of benzene rings is 1. The van der Waals surface area contributed by atoms with E-state index in [9.17, 15) is 14.4 Å². The fraction of sp³-hybridized carbons (Fsp3) is 0.500. The number of nitrogens with zero attached hydrogens (tertiary/aromatic N) is 3. The third-order valence-corrected chi connectivity index (χ3v) is 8.57. The van der Waals surface area contributed by atoms with Crippen LogP contribution in [0.15, 0.2) is 18.2 Å². The molecule has 0 radical (unpaired) electrons. The van der Waals surface area contributed by atoms with E-state index in [1.807, 2.05) is 0 Å². The Bertz CT molecular complexity index is 1070. The van der Waals surface area contributed by atoms with Crippen LogP contribution < -0.4 is 5.32 Å². The number of aromatic nitrogens is 2. The van der Waals surface area contributed by atoms with Gasteiger partial charge in [0, 0.05) is 18.0 Å². The third-order valence-electron chi connectivity index (χ3n) is 7.49. The zero-order valence-corrected chi connectivity index (χ0v) is 17.5. The highest BCUT2D eigenvalue weighted by Crippen LogP contribution is 2.61. The van der Waals surface area contributed by atoms with Crippen LogP contribution in [0.5, 0.6) is 0 Å². The second kappa shape index (κ2) is 6.20. The van der Waals surface area contributed by atoms with Gasteiger partial charge in [-0.3, -0.25) is 24.6 Å². The Balaban J connectivity index is 1.23. The number of anilines is 1. The van der Waals surface area contributed by atoms with Crippen molar-refractivity contribution in [3.8, 4) is 0 Å². The molecule has 7 nitrogen and oxygen atoms in total. The maximum Gasteiger partial charge on any atom is 0.261 e. The lowest BCUT2D eigenvalue weighted by atomic mass is 9.50. The van der Waals surface area contributed by atoms with Gasteiger partial charge in [0.1, 0.15) is 5.01 Å². The number of hydrogen-bond acceptors (Lipinski definition) is 6. The molecule has 3 amide bonds. The van der Waals surface area contributed by atoms with Gasteiger partial charge < -0.3 is 0 Å². The Hall–Kier alpha value is -2.61. The fourth-order valence-corrected chi connectivity index (χ4v) is 7.49. The fourth-order valence-electron chi connectivity index (χ4n) is 6.53. The monoisotopic (exact) mass is 422 g/mol. The minimum Gasteiger partial charge on any atom is -0.296 e. The molecule has 0 saturated heterocycles.